The Morgan fingerprint density at radius 1 is 1.13 bits per heavy atom. The van der Waals surface area contributed by atoms with E-state index >= 15 is 0 Å². The van der Waals surface area contributed by atoms with Gasteiger partial charge in [0, 0.05) is 6.54 Å². The summed E-state index contributed by atoms with van der Waals surface area (Å²) in [5.41, 5.74) is 2.04. The Kier molecular flexibility index (Phi) is 7.95. The highest BCUT2D eigenvalue weighted by Crippen LogP contribution is 2.37. The van der Waals surface area contributed by atoms with Crippen LogP contribution in [0.4, 0.5) is 4.79 Å². The average molecular weight is 524 g/mol. The predicted molar refractivity (Wildman–Crippen MR) is 147 cm³/mol. The molecule has 2 aromatic rings. The number of likely N-dealkylation sites (tertiary alicyclic amines) is 1. The van der Waals surface area contributed by atoms with Gasteiger partial charge < -0.3 is 29.2 Å². The summed E-state index contributed by atoms with van der Waals surface area (Å²) in [5.74, 6) is 0.898. The van der Waals surface area contributed by atoms with Crippen molar-refractivity contribution >= 4 is 24.6 Å². The molecule has 206 valence electrons. The van der Waals surface area contributed by atoms with Gasteiger partial charge >= 0.3 is 13.2 Å². The van der Waals surface area contributed by atoms with Crippen molar-refractivity contribution in [3.05, 3.63) is 36.3 Å². The lowest BCUT2D eigenvalue weighted by Crippen LogP contribution is -2.54. The van der Waals surface area contributed by atoms with E-state index in [1.54, 1.807) is 0 Å². The van der Waals surface area contributed by atoms with Gasteiger partial charge in [-0.05, 0) is 63.4 Å². The molecule has 2 saturated heterocycles. The maximum atomic E-state index is 13.6. The van der Waals surface area contributed by atoms with Gasteiger partial charge in [0.25, 0.3) is 0 Å². The molecule has 2 N–H and O–H groups in total. The number of rotatable bonds is 6. The fourth-order valence-electron chi connectivity index (χ4n) is 5.01. The van der Waals surface area contributed by atoms with Gasteiger partial charge in [0.05, 0.1) is 36.2 Å². The molecule has 1 aromatic heterocycles. The number of methoxy groups -OCH3 is 1. The summed E-state index contributed by atoms with van der Waals surface area (Å²) in [6.07, 6.45) is 2.99. The number of aromatic nitrogens is 2. The maximum absolute atomic E-state index is 13.6. The van der Waals surface area contributed by atoms with Crippen LogP contribution in [0.25, 0.3) is 11.3 Å². The minimum absolute atomic E-state index is 0.0888. The van der Waals surface area contributed by atoms with E-state index in [0.29, 0.717) is 12.5 Å². The van der Waals surface area contributed by atoms with Crippen LogP contribution in [0, 0.1) is 11.8 Å². The molecule has 9 nitrogen and oxygen atoms in total. The SMILES string of the molecule is COC(=O)NC(C(=O)N1CC(C)CCC1c1ncc(-c2ccc(B3OC(C)(C)C(C)(C)O3)cc2)[nH]1)C(C)C. The maximum Gasteiger partial charge on any atom is 0.494 e. The number of amides is 2. The van der Waals surface area contributed by atoms with E-state index in [-0.39, 0.29) is 17.9 Å². The number of carbonyl (C=O) groups excluding carboxylic acids is 2. The van der Waals surface area contributed by atoms with Crippen LogP contribution in [-0.2, 0) is 18.8 Å². The lowest BCUT2D eigenvalue weighted by Gasteiger charge is -2.40. The van der Waals surface area contributed by atoms with Gasteiger partial charge in [-0.1, -0.05) is 45.0 Å². The Balaban J connectivity index is 1.53. The normalized spacial score (nSPS) is 23.4. The quantitative estimate of drug-likeness (QED) is 0.553. The van der Waals surface area contributed by atoms with Gasteiger partial charge in [-0.3, -0.25) is 4.79 Å². The number of alkyl carbamates (subject to hydrolysis) is 1. The molecule has 4 rings (SSSR count). The number of aromatic amines is 1. The fourth-order valence-corrected chi connectivity index (χ4v) is 5.01. The van der Waals surface area contributed by atoms with E-state index in [9.17, 15) is 9.59 Å². The number of nitrogens with zero attached hydrogens (tertiary/aromatic N) is 2. The van der Waals surface area contributed by atoms with Crippen LogP contribution >= 0.6 is 0 Å². The van der Waals surface area contributed by atoms with Crippen molar-refractivity contribution < 1.29 is 23.6 Å². The largest absolute Gasteiger partial charge is 0.494 e. The molecule has 1 aromatic carbocycles. The van der Waals surface area contributed by atoms with E-state index in [1.807, 2.05) is 76.9 Å². The van der Waals surface area contributed by atoms with Gasteiger partial charge in [-0.15, -0.1) is 0 Å². The fraction of sp³-hybridized carbons (Fsp3) is 0.607. The third kappa shape index (κ3) is 5.61. The number of benzene rings is 1. The Hall–Kier alpha value is -2.85. The van der Waals surface area contributed by atoms with Gasteiger partial charge in [0.2, 0.25) is 5.91 Å². The van der Waals surface area contributed by atoms with Crippen molar-refractivity contribution in [1.82, 2.24) is 20.2 Å². The molecule has 0 radical (unpaired) electrons. The highest BCUT2D eigenvalue weighted by molar-refractivity contribution is 6.62. The molecule has 2 amide bonds. The van der Waals surface area contributed by atoms with Crippen LogP contribution in [0.15, 0.2) is 30.5 Å². The van der Waals surface area contributed by atoms with Crippen molar-refractivity contribution in [1.29, 1.82) is 0 Å². The molecule has 0 saturated carbocycles. The number of imidazole rings is 1. The molecule has 3 atom stereocenters. The summed E-state index contributed by atoms with van der Waals surface area (Å²) >= 11 is 0. The van der Waals surface area contributed by atoms with Crippen LogP contribution in [0.5, 0.6) is 0 Å². The first kappa shape index (κ1) is 28.2. The first-order chi connectivity index (χ1) is 17.8. The van der Waals surface area contributed by atoms with Crippen molar-refractivity contribution in [3.8, 4) is 11.3 Å². The predicted octanol–water partition coefficient (Wildman–Crippen LogP) is 4.06. The van der Waals surface area contributed by atoms with Gasteiger partial charge in [-0.25, -0.2) is 9.78 Å². The van der Waals surface area contributed by atoms with Crippen molar-refractivity contribution in [2.45, 2.75) is 84.6 Å². The molecule has 0 spiro atoms. The van der Waals surface area contributed by atoms with E-state index in [0.717, 1.165) is 35.4 Å². The second-order valence-electron chi connectivity index (χ2n) is 11.9. The zero-order chi connectivity index (χ0) is 27.8. The third-order valence-electron chi connectivity index (χ3n) is 8.15. The zero-order valence-electron chi connectivity index (χ0n) is 23.8. The molecule has 0 aliphatic carbocycles. The van der Waals surface area contributed by atoms with E-state index < -0.39 is 30.5 Å². The van der Waals surface area contributed by atoms with E-state index in [1.165, 1.54) is 7.11 Å². The average Bonchev–Trinajstić information content (AvgIpc) is 3.43. The Labute approximate surface area is 226 Å². The molecular formula is C28H41BN4O5. The van der Waals surface area contributed by atoms with Crippen molar-refractivity contribution in [2.24, 2.45) is 11.8 Å². The number of ether oxygens (including phenoxy) is 1. The lowest BCUT2D eigenvalue weighted by molar-refractivity contribution is -0.139. The summed E-state index contributed by atoms with van der Waals surface area (Å²) in [6, 6.07) is 7.21. The zero-order valence-corrected chi connectivity index (χ0v) is 23.8. The smallest absolute Gasteiger partial charge is 0.453 e. The van der Waals surface area contributed by atoms with Crippen LogP contribution < -0.4 is 10.8 Å². The molecule has 3 unspecified atom stereocenters. The Morgan fingerprint density at radius 2 is 1.76 bits per heavy atom. The summed E-state index contributed by atoms with van der Waals surface area (Å²) < 4.78 is 17.1. The second kappa shape index (κ2) is 10.7. The van der Waals surface area contributed by atoms with E-state index in [4.69, 9.17) is 14.0 Å². The van der Waals surface area contributed by atoms with Crippen LogP contribution in [0.3, 0.4) is 0 Å². The van der Waals surface area contributed by atoms with Gasteiger partial charge in [0.1, 0.15) is 11.9 Å². The molecule has 38 heavy (non-hydrogen) atoms. The minimum Gasteiger partial charge on any atom is -0.453 e. The monoisotopic (exact) mass is 524 g/mol. The van der Waals surface area contributed by atoms with Crippen molar-refractivity contribution in [2.75, 3.05) is 13.7 Å². The number of nitrogens with one attached hydrogen (secondary N) is 2. The minimum atomic E-state index is -0.674. The molecule has 10 heteroatoms. The topological polar surface area (TPSA) is 106 Å². The Bertz CT molecular complexity index is 1130. The Morgan fingerprint density at radius 3 is 2.34 bits per heavy atom. The molecule has 3 heterocycles. The standard InChI is InChI=1S/C28H41BN4O5/c1-17(2)23(32-26(35)36-8)25(34)33-16-18(3)9-14-22(33)24-30-15-21(31-24)19-10-12-20(13-11-19)29-37-27(4,5)28(6,7)38-29/h10-13,15,17-18,22-23H,9,14,16H2,1-8H3,(H,30,31)(H,32,35). The van der Waals surface area contributed by atoms with Gasteiger partial charge in [-0.2, -0.15) is 0 Å². The lowest BCUT2D eigenvalue weighted by atomic mass is 9.79. The number of hydrogen-bond acceptors (Lipinski definition) is 6. The van der Waals surface area contributed by atoms with Gasteiger partial charge in [0.15, 0.2) is 0 Å². The molecule has 2 aliphatic heterocycles. The van der Waals surface area contributed by atoms with Crippen LogP contribution in [-0.4, -0.2) is 64.9 Å². The summed E-state index contributed by atoms with van der Waals surface area (Å²) in [6.45, 7) is 14.8. The number of carbonyl (C=O) groups is 2. The number of H-pyrrole nitrogens is 1. The number of piperidine rings is 1. The highest BCUT2D eigenvalue weighted by atomic mass is 16.7. The molecular weight excluding hydrogens is 483 g/mol. The first-order valence-corrected chi connectivity index (χ1v) is 13.5. The molecule has 2 fully saturated rings. The second-order valence-corrected chi connectivity index (χ2v) is 11.9. The highest BCUT2D eigenvalue weighted by Gasteiger charge is 2.51. The first-order valence-electron chi connectivity index (χ1n) is 13.5. The third-order valence-corrected chi connectivity index (χ3v) is 8.15. The van der Waals surface area contributed by atoms with Crippen LogP contribution in [0.2, 0.25) is 0 Å². The molecule has 2 aliphatic rings. The number of hydrogen-bond donors (Lipinski definition) is 2. The summed E-state index contributed by atoms with van der Waals surface area (Å²) in [4.78, 5) is 35.6. The summed E-state index contributed by atoms with van der Waals surface area (Å²) in [7, 11) is 0.887. The summed E-state index contributed by atoms with van der Waals surface area (Å²) in [5, 5.41) is 2.72. The van der Waals surface area contributed by atoms with Crippen LogP contribution in [0.1, 0.15) is 73.2 Å². The van der Waals surface area contributed by atoms with Crippen molar-refractivity contribution in [3.63, 3.8) is 0 Å². The van der Waals surface area contributed by atoms with E-state index in [2.05, 4.69) is 22.2 Å². The molecule has 0 bridgehead atoms.